The van der Waals surface area contributed by atoms with Crippen LogP contribution in [-0.4, -0.2) is 33.0 Å². The Hall–Kier alpha value is -1.35. The normalized spacial score (nSPS) is 14.9. The smallest absolute Gasteiger partial charge is 0.243 e. The van der Waals surface area contributed by atoms with Gasteiger partial charge in [-0.05, 0) is 65.0 Å². The fraction of sp³-hybridized carbons (Fsp3) is 0.368. The van der Waals surface area contributed by atoms with E-state index in [1.807, 2.05) is 6.07 Å². The van der Waals surface area contributed by atoms with Crippen LogP contribution in [0.25, 0.3) is 0 Å². The van der Waals surface area contributed by atoms with E-state index in [2.05, 4.69) is 43.8 Å². The lowest BCUT2D eigenvalue weighted by Crippen LogP contribution is -2.32. The second-order valence-electron chi connectivity index (χ2n) is 6.60. The van der Waals surface area contributed by atoms with E-state index in [0.29, 0.717) is 12.5 Å². The van der Waals surface area contributed by atoms with E-state index in [-0.39, 0.29) is 11.0 Å². The molecule has 0 amide bonds. The third kappa shape index (κ3) is 5.13. The van der Waals surface area contributed by atoms with Gasteiger partial charge in [-0.15, -0.1) is 0 Å². The van der Waals surface area contributed by atoms with Gasteiger partial charge in [-0.1, -0.05) is 24.3 Å². The van der Waals surface area contributed by atoms with Crippen LogP contribution in [0.5, 0.6) is 0 Å². The molecule has 8 heteroatoms. The number of hydrogen-bond acceptors (Lipinski definition) is 3. The number of fused-ring (bicyclic) bond motifs is 1. The predicted molar refractivity (Wildman–Crippen MR) is 104 cm³/mol. The number of nitrogens with one attached hydrogen (secondary N) is 1. The van der Waals surface area contributed by atoms with E-state index in [1.54, 1.807) is 0 Å². The van der Waals surface area contributed by atoms with Crippen molar-refractivity contribution in [2.24, 2.45) is 0 Å². The molecule has 27 heavy (non-hydrogen) atoms. The lowest BCUT2D eigenvalue weighted by Gasteiger charge is -2.28. The Morgan fingerprint density at radius 3 is 2.59 bits per heavy atom. The lowest BCUT2D eigenvalue weighted by molar-refractivity contribution is 0.249. The molecule has 1 N–H and O–H groups in total. The molecule has 3 rings (SSSR count). The van der Waals surface area contributed by atoms with Crippen molar-refractivity contribution >= 4 is 26.0 Å². The summed E-state index contributed by atoms with van der Waals surface area (Å²) < 4.78 is 54.0. The van der Waals surface area contributed by atoms with Gasteiger partial charge < -0.3 is 0 Å². The summed E-state index contributed by atoms with van der Waals surface area (Å²) in [5.41, 5.74) is 2.74. The molecule has 0 atom stereocenters. The fourth-order valence-electron chi connectivity index (χ4n) is 3.20. The Morgan fingerprint density at radius 1 is 1.07 bits per heavy atom. The molecular weight excluding hydrogens is 438 g/mol. The van der Waals surface area contributed by atoms with Gasteiger partial charge in [0.1, 0.15) is 16.5 Å². The first-order chi connectivity index (χ1) is 12.9. The molecule has 2 aromatic rings. The minimum Gasteiger partial charge on any atom is -0.299 e. The number of nitrogens with zero attached hydrogens (tertiary/aromatic N) is 1. The lowest BCUT2D eigenvalue weighted by atomic mass is 10.00. The highest BCUT2D eigenvalue weighted by Crippen LogP contribution is 2.23. The maximum Gasteiger partial charge on any atom is 0.243 e. The first-order valence-corrected chi connectivity index (χ1v) is 11.1. The molecule has 0 fully saturated rings. The number of rotatable bonds is 7. The number of unbranched alkanes of at least 4 members (excludes halogenated alkanes) is 1. The Bertz CT molecular complexity index is 922. The van der Waals surface area contributed by atoms with E-state index in [9.17, 15) is 17.2 Å². The Labute approximate surface area is 166 Å². The molecule has 0 bridgehead atoms. The van der Waals surface area contributed by atoms with E-state index in [1.165, 1.54) is 11.1 Å². The van der Waals surface area contributed by atoms with Crippen molar-refractivity contribution in [3.8, 4) is 0 Å². The summed E-state index contributed by atoms with van der Waals surface area (Å²) in [4.78, 5) is 1.68. The molecule has 2 aromatic carbocycles. The summed E-state index contributed by atoms with van der Waals surface area (Å²) in [6.07, 6.45) is 2.47. The SMILES string of the molecule is O=S(=O)(NCCCCN1CCc2ccccc2C1)c1cc(F)c(Br)cc1F. The van der Waals surface area contributed by atoms with Gasteiger partial charge in [0.05, 0.1) is 4.47 Å². The largest absolute Gasteiger partial charge is 0.299 e. The molecule has 1 aliphatic heterocycles. The zero-order valence-electron chi connectivity index (χ0n) is 14.7. The van der Waals surface area contributed by atoms with Crippen LogP contribution in [-0.2, 0) is 23.0 Å². The molecule has 0 spiro atoms. The van der Waals surface area contributed by atoms with Gasteiger partial charge >= 0.3 is 0 Å². The predicted octanol–water partition coefficient (Wildman–Crippen LogP) is 3.84. The van der Waals surface area contributed by atoms with Crippen molar-refractivity contribution in [2.75, 3.05) is 19.6 Å². The molecule has 4 nitrogen and oxygen atoms in total. The first kappa shape index (κ1) is 20.4. The van der Waals surface area contributed by atoms with Crippen molar-refractivity contribution in [2.45, 2.75) is 30.7 Å². The van der Waals surface area contributed by atoms with Crippen LogP contribution in [0, 0.1) is 11.6 Å². The summed E-state index contributed by atoms with van der Waals surface area (Å²) in [5.74, 6) is -1.80. The second kappa shape index (κ2) is 8.77. The minimum absolute atomic E-state index is 0.109. The van der Waals surface area contributed by atoms with Crippen molar-refractivity contribution in [1.29, 1.82) is 0 Å². The van der Waals surface area contributed by atoms with Gasteiger partial charge in [0, 0.05) is 19.6 Å². The quantitative estimate of drug-likeness (QED) is 0.506. The van der Waals surface area contributed by atoms with Gasteiger partial charge in [-0.25, -0.2) is 21.9 Å². The highest BCUT2D eigenvalue weighted by atomic mass is 79.9. The van der Waals surface area contributed by atoms with E-state index in [4.69, 9.17) is 0 Å². The molecule has 146 valence electrons. The number of halogens is 3. The summed E-state index contributed by atoms with van der Waals surface area (Å²) in [6.45, 7) is 2.96. The summed E-state index contributed by atoms with van der Waals surface area (Å²) in [5, 5.41) is 0. The Morgan fingerprint density at radius 2 is 1.81 bits per heavy atom. The van der Waals surface area contributed by atoms with Crippen molar-refractivity contribution in [3.05, 3.63) is 63.6 Å². The van der Waals surface area contributed by atoms with Crippen LogP contribution in [0.2, 0.25) is 0 Å². The zero-order chi connectivity index (χ0) is 19.4. The van der Waals surface area contributed by atoms with Crippen LogP contribution >= 0.6 is 15.9 Å². The van der Waals surface area contributed by atoms with Crippen LogP contribution < -0.4 is 4.72 Å². The molecule has 1 aliphatic rings. The van der Waals surface area contributed by atoms with Gasteiger partial charge in [0.15, 0.2) is 0 Å². The van der Waals surface area contributed by atoms with Crippen LogP contribution in [0.3, 0.4) is 0 Å². The average molecular weight is 459 g/mol. The minimum atomic E-state index is -4.07. The van der Waals surface area contributed by atoms with Gasteiger partial charge in [0.2, 0.25) is 10.0 Å². The topological polar surface area (TPSA) is 49.4 Å². The van der Waals surface area contributed by atoms with E-state index in [0.717, 1.165) is 38.5 Å². The molecule has 1 heterocycles. The van der Waals surface area contributed by atoms with Gasteiger partial charge in [-0.2, -0.15) is 0 Å². The maximum absolute atomic E-state index is 13.8. The number of benzene rings is 2. The van der Waals surface area contributed by atoms with Gasteiger partial charge in [-0.3, -0.25) is 4.90 Å². The molecule has 0 unspecified atom stereocenters. The van der Waals surface area contributed by atoms with Crippen molar-refractivity contribution in [3.63, 3.8) is 0 Å². The van der Waals surface area contributed by atoms with Crippen LogP contribution in [0.15, 0.2) is 45.8 Å². The van der Waals surface area contributed by atoms with Crippen molar-refractivity contribution in [1.82, 2.24) is 9.62 Å². The molecular formula is C19H21BrF2N2O2S. The summed E-state index contributed by atoms with van der Waals surface area (Å²) in [7, 11) is -4.07. The number of sulfonamides is 1. The fourth-order valence-corrected chi connectivity index (χ4v) is 4.66. The third-order valence-corrected chi connectivity index (χ3v) is 6.75. The first-order valence-electron chi connectivity index (χ1n) is 8.80. The summed E-state index contributed by atoms with van der Waals surface area (Å²) in [6, 6.07) is 9.90. The molecule has 0 radical (unpaired) electrons. The molecule has 0 saturated carbocycles. The van der Waals surface area contributed by atoms with Crippen LogP contribution in [0.1, 0.15) is 24.0 Å². The highest BCUT2D eigenvalue weighted by molar-refractivity contribution is 9.10. The third-order valence-electron chi connectivity index (χ3n) is 4.67. The number of hydrogen-bond donors (Lipinski definition) is 1. The van der Waals surface area contributed by atoms with Crippen LogP contribution in [0.4, 0.5) is 8.78 Å². The Balaban J connectivity index is 1.46. The highest BCUT2D eigenvalue weighted by Gasteiger charge is 2.21. The van der Waals surface area contributed by atoms with E-state index >= 15 is 0 Å². The zero-order valence-corrected chi connectivity index (χ0v) is 17.1. The molecule has 0 aliphatic carbocycles. The average Bonchev–Trinajstić information content (AvgIpc) is 2.64. The molecule has 0 aromatic heterocycles. The standard InChI is InChI=1S/C19H21BrF2N2O2S/c20-16-11-18(22)19(12-17(16)21)27(25,26)23-8-3-4-9-24-10-7-14-5-1-2-6-15(14)13-24/h1-2,5-6,11-12,23H,3-4,7-10,13H2. The van der Waals surface area contributed by atoms with Crippen molar-refractivity contribution < 1.29 is 17.2 Å². The monoisotopic (exact) mass is 458 g/mol. The maximum atomic E-state index is 13.8. The Kier molecular flexibility index (Phi) is 6.62. The summed E-state index contributed by atoms with van der Waals surface area (Å²) >= 11 is 2.83. The molecule has 0 saturated heterocycles. The van der Waals surface area contributed by atoms with Gasteiger partial charge in [0.25, 0.3) is 0 Å². The van der Waals surface area contributed by atoms with E-state index < -0.39 is 26.6 Å². The second-order valence-corrected chi connectivity index (χ2v) is 9.19.